The van der Waals surface area contributed by atoms with E-state index in [-0.39, 0.29) is 30.3 Å². The lowest BCUT2D eigenvalue weighted by Gasteiger charge is -2.34. The maximum Gasteiger partial charge on any atom is 0.307 e. The number of rotatable bonds is 6. The van der Waals surface area contributed by atoms with Gasteiger partial charge in [0.25, 0.3) is 0 Å². The SMILES string of the molecule is Cc1ccccc1CCNC(=O)C(C)N1CCCC(C(=O)O)C1.Cl. The zero-order valence-electron chi connectivity index (χ0n) is 14.3. The largest absolute Gasteiger partial charge is 0.481 e. The zero-order chi connectivity index (χ0) is 16.8. The molecule has 1 fully saturated rings. The number of carboxylic acid groups (broad SMARTS) is 1. The van der Waals surface area contributed by atoms with E-state index in [1.54, 1.807) is 0 Å². The lowest BCUT2D eigenvalue weighted by atomic mass is 9.97. The van der Waals surface area contributed by atoms with Crippen molar-refractivity contribution in [2.24, 2.45) is 5.92 Å². The monoisotopic (exact) mass is 354 g/mol. The summed E-state index contributed by atoms with van der Waals surface area (Å²) >= 11 is 0. The maximum atomic E-state index is 12.3. The lowest BCUT2D eigenvalue weighted by Crippen LogP contribution is -2.50. The van der Waals surface area contributed by atoms with E-state index in [2.05, 4.69) is 24.4 Å². The summed E-state index contributed by atoms with van der Waals surface area (Å²) < 4.78 is 0. The third-order valence-corrected chi connectivity index (χ3v) is 4.68. The predicted octanol–water partition coefficient (Wildman–Crippen LogP) is 2.26. The quantitative estimate of drug-likeness (QED) is 0.822. The Bertz CT molecular complexity index is 565. The Morgan fingerprint density at radius 1 is 1.38 bits per heavy atom. The minimum absolute atomic E-state index is 0. The topological polar surface area (TPSA) is 69.6 Å². The number of aliphatic carboxylic acids is 1. The molecule has 0 bridgehead atoms. The van der Waals surface area contributed by atoms with E-state index in [1.165, 1.54) is 11.1 Å². The molecule has 0 aliphatic carbocycles. The summed E-state index contributed by atoms with van der Waals surface area (Å²) in [5.74, 6) is -1.14. The summed E-state index contributed by atoms with van der Waals surface area (Å²) in [6, 6.07) is 7.88. The van der Waals surface area contributed by atoms with Crippen molar-refractivity contribution in [1.29, 1.82) is 0 Å². The third-order valence-electron chi connectivity index (χ3n) is 4.68. The second kappa shape index (κ2) is 9.64. The van der Waals surface area contributed by atoms with Crippen molar-refractivity contribution in [2.75, 3.05) is 19.6 Å². The molecule has 5 nitrogen and oxygen atoms in total. The van der Waals surface area contributed by atoms with Gasteiger partial charge in [-0.25, -0.2) is 0 Å². The first-order valence-corrected chi connectivity index (χ1v) is 8.28. The van der Waals surface area contributed by atoms with Crippen LogP contribution in [0, 0.1) is 12.8 Å². The van der Waals surface area contributed by atoms with Gasteiger partial charge >= 0.3 is 5.97 Å². The van der Waals surface area contributed by atoms with E-state index in [4.69, 9.17) is 5.11 Å². The number of carbonyl (C=O) groups is 2. The number of hydrogen-bond donors (Lipinski definition) is 2. The molecule has 24 heavy (non-hydrogen) atoms. The fourth-order valence-corrected chi connectivity index (χ4v) is 3.08. The summed E-state index contributed by atoms with van der Waals surface area (Å²) in [6.45, 7) is 5.77. The van der Waals surface area contributed by atoms with Gasteiger partial charge in [-0.1, -0.05) is 24.3 Å². The number of nitrogens with one attached hydrogen (secondary N) is 1. The molecular formula is C18H27ClN2O3. The van der Waals surface area contributed by atoms with Crippen molar-refractivity contribution < 1.29 is 14.7 Å². The number of aryl methyl sites for hydroxylation is 1. The minimum atomic E-state index is -0.762. The van der Waals surface area contributed by atoms with Crippen LogP contribution in [0.25, 0.3) is 0 Å². The number of halogens is 1. The molecule has 6 heteroatoms. The highest BCUT2D eigenvalue weighted by atomic mass is 35.5. The zero-order valence-corrected chi connectivity index (χ0v) is 15.1. The van der Waals surface area contributed by atoms with Gasteiger partial charge in [-0.2, -0.15) is 0 Å². The van der Waals surface area contributed by atoms with Gasteiger partial charge in [0, 0.05) is 13.1 Å². The lowest BCUT2D eigenvalue weighted by molar-refractivity contribution is -0.145. The maximum absolute atomic E-state index is 12.3. The van der Waals surface area contributed by atoms with Crippen molar-refractivity contribution >= 4 is 24.3 Å². The van der Waals surface area contributed by atoms with Crippen molar-refractivity contribution in [1.82, 2.24) is 10.2 Å². The van der Waals surface area contributed by atoms with Crippen LogP contribution in [0.15, 0.2) is 24.3 Å². The number of likely N-dealkylation sites (tertiary alicyclic amines) is 1. The number of benzene rings is 1. The van der Waals surface area contributed by atoms with Gasteiger partial charge in [-0.05, 0) is 50.8 Å². The molecule has 1 aliphatic heterocycles. The number of amides is 1. The van der Waals surface area contributed by atoms with Gasteiger partial charge in [0.1, 0.15) is 0 Å². The summed E-state index contributed by atoms with van der Waals surface area (Å²) in [4.78, 5) is 25.4. The molecule has 1 aromatic rings. The van der Waals surface area contributed by atoms with Crippen LogP contribution in [0.1, 0.15) is 30.9 Å². The Balaban J connectivity index is 0.00000288. The Labute approximate surface area is 149 Å². The van der Waals surface area contributed by atoms with E-state index in [0.29, 0.717) is 19.5 Å². The first-order chi connectivity index (χ1) is 11.0. The van der Waals surface area contributed by atoms with Crippen LogP contribution in [-0.4, -0.2) is 47.6 Å². The summed E-state index contributed by atoms with van der Waals surface area (Å²) in [7, 11) is 0. The molecule has 1 amide bonds. The van der Waals surface area contributed by atoms with E-state index in [9.17, 15) is 9.59 Å². The number of carboxylic acids is 1. The molecule has 2 N–H and O–H groups in total. The van der Waals surface area contributed by atoms with Gasteiger partial charge in [-0.3, -0.25) is 14.5 Å². The number of carbonyl (C=O) groups excluding carboxylic acids is 1. The molecule has 1 aromatic carbocycles. The minimum Gasteiger partial charge on any atom is -0.481 e. The average Bonchev–Trinajstić information content (AvgIpc) is 2.56. The van der Waals surface area contributed by atoms with Crippen LogP contribution in [0.2, 0.25) is 0 Å². The average molecular weight is 355 g/mol. The second-order valence-corrected chi connectivity index (χ2v) is 6.32. The van der Waals surface area contributed by atoms with Crippen LogP contribution < -0.4 is 5.32 Å². The van der Waals surface area contributed by atoms with Crippen LogP contribution in [-0.2, 0) is 16.0 Å². The molecule has 1 aliphatic rings. The fourth-order valence-electron chi connectivity index (χ4n) is 3.08. The Morgan fingerprint density at radius 3 is 2.75 bits per heavy atom. The third kappa shape index (κ3) is 5.49. The molecule has 0 spiro atoms. The highest BCUT2D eigenvalue weighted by Crippen LogP contribution is 2.18. The molecule has 1 heterocycles. The van der Waals surface area contributed by atoms with Crippen molar-refractivity contribution in [3.8, 4) is 0 Å². The fraction of sp³-hybridized carbons (Fsp3) is 0.556. The van der Waals surface area contributed by atoms with Crippen LogP contribution in [0.4, 0.5) is 0 Å². The first-order valence-electron chi connectivity index (χ1n) is 8.28. The first kappa shape index (κ1) is 20.5. The second-order valence-electron chi connectivity index (χ2n) is 6.32. The van der Waals surface area contributed by atoms with Crippen LogP contribution in [0.5, 0.6) is 0 Å². The van der Waals surface area contributed by atoms with Gasteiger partial charge in [0.2, 0.25) is 5.91 Å². The summed E-state index contributed by atoms with van der Waals surface area (Å²) in [5.41, 5.74) is 2.47. The Kier molecular flexibility index (Phi) is 8.22. The van der Waals surface area contributed by atoms with E-state index in [0.717, 1.165) is 19.4 Å². The van der Waals surface area contributed by atoms with Crippen LogP contribution in [0.3, 0.4) is 0 Å². The molecule has 0 aromatic heterocycles. The smallest absolute Gasteiger partial charge is 0.307 e. The van der Waals surface area contributed by atoms with Gasteiger partial charge in [-0.15, -0.1) is 12.4 Å². The van der Waals surface area contributed by atoms with Crippen molar-refractivity contribution in [3.63, 3.8) is 0 Å². The van der Waals surface area contributed by atoms with E-state index >= 15 is 0 Å². The standard InChI is InChI=1S/C18H26N2O3.ClH/c1-13-6-3-4-7-15(13)9-10-19-17(21)14(2)20-11-5-8-16(12-20)18(22)23;/h3-4,6-7,14,16H,5,8-12H2,1-2H3,(H,19,21)(H,22,23);1H. The summed E-state index contributed by atoms with van der Waals surface area (Å²) in [6.07, 6.45) is 2.34. The molecule has 0 radical (unpaired) electrons. The molecule has 2 atom stereocenters. The van der Waals surface area contributed by atoms with Gasteiger partial charge < -0.3 is 10.4 Å². The number of piperidine rings is 1. The van der Waals surface area contributed by atoms with E-state index < -0.39 is 5.97 Å². The Hall–Kier alpha value is -1.59. The predicted molar refractivity (Wildman–Crippen MR) is 96.5 cm³/mol. The van der Waals surface area contributed by atoms with Gasteiger partial charge in [0.15, 0.2) is 0 Å². The number of nitrogens with zero attached hydrogens (tertiary/aromatic N) is 1. The van der Waals surface area contributed by atoms with Crippen molar-refractivity contribution in [3.05, 3.63) is 35.4 Å². The number of hydrogen-bond acceptors (Lipinski definition) is 3. The highest BCUT2D eigenvalue weighted by Gasteiger charge is 2.30. The molecular weight excluding hydrogens is 328 g/mol. The Morgan fingerprint density at radius 2 is 2.08 bits per heavy atom. The molecule has 2 unspecified atom stereocenters. The molecule has 2 rings (SSSR count). The molecule has 134 valence electrons. The van der Waals surface area contributed by atoms with Crippen molar-refractivity contribution in [2.45, 2.75) is 39.2 Å². The van der Waals surface area contributed by atoms with E-state index in [1.807, 2.05) is 24.0 Å². The van der Waals surface area contributed by atoms with Crippen LogP contribution >= 0.6 is 12.4 Å². The normalized spacial score (nSPS) is 19.2. The molecule has 1 saturated heterocycles. The van der Waals surface area contributed by atoms with Gasteiger partial charge in [0.05, 0.1) is 12.0 Å². The highest BCUT2D eigenvalue weighted by molar-refractivity contribution is 5.85. The summed E-state index contributed by atoms with van der Waals surface area (Å²) in [5, 5.41) is 12.1. The molecule has 0 saturated carbocycles.